The fraction of sp³-hybridized carbons (Fsp3) is 0.385. The molecule has 2 heterocycles. The molecule has 0 N–H and O–H groups in total. The summed E-state index contributed by atoms with van der Waals surface area (Å²) in [7, 11) is 1.57. The van der Waals surface area contributed by atoms with E-state index in [4.69, 9.17) is 16.3 Å². The smallest absolute Gasteiger partial charge is 0.356 e. The molecule has 0 aromatic carbocycles. The van der Waals surface area contributed by atoms with Crippen LogP contribution in [0.25, 0.3) is 0 Å². The van der Waals surface area contributed by atoms with Gasteiger partial charge in [0.2, 0.25) is 0 Å². The van der Waals surface area contributed by atoms with E-state index in [0.29, 0.717) is 16.4 Å². The summed E-state index contributed by atoms with van der Waals surface area (Å²) in [6.45, 7) is 5.36. The molecule has 7 nitrogen and oxygen atoms in total. The van der Waals surface area contributed by atoms with Gasteiger partial charge in [-0.25, -0.2) is 4.79 Å². The Hall–Kier alpha value is -2.15. The lowest BCUT2D eigenvalue weighted by atomic mass is 10.3. The van der Waals surface area contributed by atoms with Gasteiger partial charge < -0.3 is 4.74 Å². The average Bonchev–Trinajstić information content (AvgIpc) is 2.94. The van der Waals surface area contributed by atoms with Gasteiger partial charge in [0.25, 0.3) is 5.91 Å². The van der Waals surface area contributed by atoms with Crippen LogP contribution in [0.5, 0.6) is 0 Å². The summed E-state index contributed by atoms with van der Waals surface area (Å²) in [4.78, 5) is 24.1. The predicted octanol–water partition coefficient (Wildman–Crippen LogP) is 1.75. The number of ether oxygens (including phenoxy) is 1. The Balaban J connectivity index is 2.38. The van der Waals surface area contributed by atoms with E-state index in [1.54, 1.807) is 27.8 Å². The normalized spacial score (nSPS) is 10.7. The number of halogens is 1. The highest BCUT2D eigenvalue weighted by Gasteiger charge is 2.22. The Kier molecular flexibility index (Phi) is 4.13. The molecule has 0 saturated heterocycles. The van der Waals surface area contributed by atoms with Gasteiger partial charge in [-0.15, -0.1) is 0 Å². The van der Waals surface area contributed by atoms with E-state index in [0.717, 1.165) is 0 Å². The van der Waals surface area contributed by atoms with Crippen molar-refractivity contribution < 1.29 is 14.3 Å². The second-order valence-corrected chi connectivity index (χ2v) is 4.84. The van der Waals surface area contributed by atoms with Crippen LogP contribution in [0.1, 0.15) is 39.3 Å². The maximum Gasteiger partial charge on any atom is 0.356 e. The van der Waals surface area contributed by atoms with Crippen molar-refractivity contribution in [2.75, 3.05) is 6.61 Å². The van der Waals surface area contributed by atoms with Crippen molar-refractivity contribution in [1.29, 1.82) is 0 Å². The number of carbonyl (C=O) groups is 2. The number of carbonyl (C=O) groups excluding carboxylic acids is 2. The molecule has 0 bridgehead atoms. The van der Waals surface area contributed by atoms with Crippen molar-refractivity contribution >= 4 is 23.5 Å². The second-order valence-electron chi connectivity index (χ2n) is 4.46. The SMILES string of the molecule is CCOC(=O)c1cc(C(=O)n2nc(C)c(Cl)c2C)nn1C. The Morgan fingerprint density at radius 1 is 1.33 bits per heavy atom. The zero-order valence-corrected chi connectivity index (χ0v) is 12.9. The fourth-order valence-electron chi connectivity index (χ4n) is 1.90. The van der Waals surface area contributed by atoms with Gasteiger partial charge in [-0.1, -0.05) is 11.6 Å². The second kappa shape index (κ2) is 5.69. The summed E-state index contributed by atoms with van der Waals surface area (Å²) in [5, 5.41) is 8.54. The number of aryl methyl sites for hydroxylation is 2. The topological polar surface area (TPSA) is 79.0 Å². The molecule has 0 unspecified atom stereocenters. The first-order chi connectivity index (χ1) is 9.86. The van der Waals surface area contributed by atoms with E-state index >= 15 is 0 Å². The molecule has 0 aliphatic rings. The zero-order valence-electron chi connectivity index (χ0n) is 12.2. The van der Waals surface area contributed by atoms with Gasteiger partial charge in [-0.2, -0.15) is 14.9 Å². The molecule has 0 fully saturated rings. The van der Waals surface area contributed by atoms with Crippen LogP contribution in [0.15, 0.2) is 6.07 Å². The number of rotatable bonds is 3. The Bertz CT molecular complexity index is 717. The van der Waals surface area contributed by atoms with Gasteiger partial charge in [0, 0.05) is 13.1 Å². The monoisotopic (exact) mass is 310 g/mol. The van der Waals surface area contributed by atoms with Crippen molar-refractivity contribution in [3.63, 3.8) is 0 Å². The van der Waals surface area contributed by atoms with Crippen LogP contribution in [0, 0.1) is 13.8 Å². The molecular formula is C13H15ClN4O3. The number of esters is 1. The molecule has 112 valence electrons. The van der Waals surface area contributed by atoms with E-state index in [9.17, 15) is 9.59 Å². The summed E-state index contributed by atoms with van der Waals surface area (Å²) in [6.07, 6.45) is 0. The van der Waals surface area contributed by atoms with Gasteiger partial charge in [0.05, 0.1) is 23.0 Å². The first kappa shape index (κ1) is 15.2. The first-order valence-electron chi connectivity index (χ1n) is 6.34. The van der Waals surface area contributed by atoms with Gasteiger partial charge in [-0.3, -0.25) is 9.48 Å². The quantitative estimate of drug-likeness (QED) is 0.807. The largest absolute Gasteiger partial charge is 0.461 e. The Morgan fingerprint density at radius 3 is 2.52 bits per heavy atom. The molecule has 0 atom stereocenters. The minimum absolute atomic E-state index is 0.0998. The number of hydrogen-bond donors (Lipinski definition) is 0. The van der Waals surface area contributed by atoms with E-state index < -0.39 is 11.9 Å². The summed E-state index contributed by atoms with van der Waals surface area (Å²) < 4.78 is 7.38. The summed E-state index contributed by atoms with van der Waals surface area (Å²) in [5.74, 6) is -0.980. The zero-order chi connectivity index (χ0) is 15.7. The Labute approximate surface area is 126 Å². The van der Waals surface area contributed by atoms with E-state index in [-0.39, 0.29) is 18.0 Å². The van der Waals surface area contributed by atoms with Gasteiger partial charge in [0.15, 0.2) is 5.69 Å². The molecule has 0 saturated carbocycles. The molecule has 0 spiro atoms. The first-order valence-corrected chi connectivity index (χ1v) is 6.72. The van der Waals surface area contributed by atoms with Crippen molar-refractivity contribution in [3.8, 4) is 0 Å². The molecule has 2 aromatic heterocycles. The third-order valence-corrected chi connectivity index (χ3v) is 3.53. The highest BCUT2D eigenvalue weighted by Crippen LogP contribution is 2.20. The van der Waals surface area contributed by atoms with Crippen LogP contribution in [-0.4, -0.2) is 38.0 Å². The van der Waals surface area contributed by atoms with Crippen molar-refractivity contribution in [3.05, 3.63) is 33.9 Å². The lowest BCUT2D eigenvalue weighted by Crippen LogP contribution is -2.16. The maximum atomic E-state index is 12.4. The van der Waals surface area contributed by atoms with Crippen LogP contribution in [0.3, 0.4) is 0 Å². The Morgan fingerprint density at radius 2 is 2.00 bits per heavy atom. The highest BCUT2D eigenvalue weighted by atomic mass is 35.5. The minimum Gasteiger partial charge on any atom is -0.461 e. The third kappa shape index (κ3) is 2.69. The third-order valence-electron chi connectivity index (χ3n) is 2.98. The van der Waals surface area contributed by atoms with Crippen LogP contribution < -0.4 is 0 Å². The summed E-state index contributed by atoms with van der Waals surface area (Å²) in [5.41, 5.74) is 1.39. The van der Waals surface area contributed by atoms with Crippen LogP contribution in [-0.2, 0) is 11.8 Å². The number of aromatic nitrogens is 4. The van der Waals surface area contributed by atoms with Crippen LogP contribution in [0.2, 0.25) is 5.02 Å². The molecule has 0 aliphatic heterocycles. The predicted molar refractivity (Wildman–Crippen MR) is 75.6 cm³/mol. The van der Waals surface area contributed by atoms with Gasteiger partial charge in [0.1, 0.15) is 5.69 Å². The van der Waals surface area contributed by atoms with E-state index in [1.807, 2.05) is 0 Å². The molecule has 0 radical (unpaired) electrons. The molecule has 21 heavy (non-hydrogen) atoms. The number of hydrogen-bond acceptors (Lipinski definition) is 5. The van der Waals surface area contributed by atoms with Crippen molar-refractivity contribution in [1.82, 2.24) is 19.6 Å². The van der Waals surface area contributed by atoms with E-state index in [1.165, 1.54) is 15.4 Å². The fourth-order valence-corrected chi connectivity index (χ4v) is 2.02. The van der Waals surface area contributed by atoms with Crippen molar-refractivity contribution in [2.24, 2.45) is 7.05 Å². The van der Waals surface area contributed by atoms with Crippen LogP contribution >= 0.6 is 11.6 Å². The summed E-state index contributed by atoms with van der Waals surface area (Å²) in [6, 6.07) is 1.38. The average molecular weight is 311 g/mol. The molecule has 2 rings (SSSR count). The van der Waals surface area contributed by atoms with E-state index in [2.05, 4.69) is 10.2 Å². The summed E-state index contributed by atoms with van der Waals surface area (Å²) >= 11 is 6.02. The lowest BCUT2D eigenvalue weighted by Gasteiger charge is -1.99. The van der Waals surface area contributed by atoms with Crippen LogP contribution in [0.4, 0.5) is 0 Å². The maximum absolute atomic E-state index is 12.4. The minimum atomic E-state index is -0.530. The van der Waals surface area contributed by atoms with Gasteiger partial charge in [-0.05, 0) is 20.8 Å². The van der Waals surface area contributed by atoms with Gasteiger partial charge >= 0.3 is 5.97 Å². The standard InChI is InChI=1S/C13H15ClN4O3/c1-5-21-13(20)10-6-9(16-17(10)4)12(19)18-8(3)11(14)7(2)15-18/h6H,5H2,1-4H3. The number of nitrogens with zero attached hydrogens (tertiary/aromatic N) is 4. The molecular weight excluding hydrogens is 296 g/mol. The van der Waals surface area contributed by atoms with Crippen molar-refractivity contribution in [2.45, 2.75) is 20.8 Å². The highest BCUT2D eigenvalue weighted by molar-refractivity contribution is 6.32. The lowest BCUT2D eigenvalue weighted by molar-refractivity contribution is 0.0513. The molecule has 2 aromatic rings. The molecule has 8 heteroatoms. The molecule has 0 amide bonds. The molecule has 0 aliphatic carbocycles.